The zero-order chi connectivity index (χ0) is 12.5. The van der Waals surface area contributed by atoms with E-state index >= 15 is 0 Å². The minimum atomic E-state index is 0.144. The van der Waals surface area contributed by atoms with Crippen LogP contribution in [0.15, 0.2) is 6.20 Å². The lowest BCUT2D eigenvalue weighted by Crippen LogP contribution is -2.48. The molecule has 2 N–H and O–H groups in total. The van der Waals surface area contributed by atoms with Gasteiger partial charge in [0.05, 0.1) is 6.20 Å². The molecule has 1 fully saturated rings. The second-order valence-corrected chi connectivity index (χ2v) is 6.11. The first-order valence-corrected chi connectivity index (χ1v) is 6.45. The molecule has 4 heteroatoms. The number of nitrogens with zero attached hydrogens (tertiary/aromatic N) is 2. The second-order valence-electron chi connectivity index (χ2n) is 6.11. The van der Waals surface area contributed by atoms with E-state index in [1.807, 2.05) is 6.20 Å². The molecule has 1 atom stereocenters. The summed E-state index contributed by atoms with van der Waals surface area (Å²) in [4.78, 5) is 2.50. The molecule has 96 valence electrons. The van der Waals surface area contributed by atoms with Crippen LogP contribution in [0.1, 0.15) is 39.0 Å². The highest BCUT2D eigenvalue weighted by Crippen LogP contribution is 2.24. The highest BCUT2D eigenvalue weighted by molar-refractivity contribution is 5.23. The van der Waals surface area contributed by atoms with Gasteiger partial charge in [-0.3, -0.25) is 10.00 Å². The molecule has 0 aromatic carbocycles. The third-order valence-corrected chi connectivity index (χ3v) is 3.31. The summed E-state index contributed by atoms with van der Waals surface area (Å²) >= 11 is 0. The van der Waals surface area contributed by atoms with Crippen molar-refractivity contribution in [2.24, 2.45) is 0 Å². The van der Waals surface area contributed by atoms with Crippen LogP contribution in [0, 0.1) is 0 Å². The maximum atomic E-state index is 4.21. The van der Waals surface area contributed by atoms with Crippen molar-refractivity contribution in [3.05, 3.63) is 17.5 Å². The zero-order valence-electron chi connectivity index (χ0n) is 11.4. The number of aromatic amines is 1. The molecule has 1 aliphatic heterocycles. The van der Waals surface area contributed by atoms with Crippen LogP contribution in [0.2, 0.25) is 0 Å². The number of piperazine rings is 1. The third kappa shape index (κ3) is 3.07. The predicted octanol–water partition coefficient (Wildman–Crippen LogP) is 1.50. The van der Waals surface area contributed by atoms with Crippen LogP contribution >= 0.6 is 0 Å². The quantitative estimate of drug-likeness (QED) is 0.818. The molecule has 1 aromatic heterocycles. The molecule has 0 amide bonds. The molecular weight excluding hydrogens is 212 g/mol. The Balaban J connectivity index is 2.06. The molecule has 4 nitrogen and oxygen atoms in total. The summed E-state index contributed by atoms with van der Waals surface area (Å²) in [6.07, 6.45) is 1.98. The zero-order valence-corrected chi connectivity index (χ0v) is 11.4. The Morgan fingerprint density at radius 3 is 2.88 bits per heavy atom. The Morgan fingerprint density at radius 2 is 2.24 bits per heavy atom. The van der Waals surface area contributed by atoms with Gasteiger partial charge < -0.3 is 5.32 Å². The molecular formula is C13H24N4. The van der Waals surface area contributed by atoms with Gasteiger partial charge in [-0.1, -0.05) is 20.8 Å². The van der Waals surface area contributed by atoms with Gasteiger partial charge in [-0.25, -0.2) is 0 Å². The molecule has 0 unspecified atom stereocenters. The largest absolute Gasteiger partial charge is 0.312 e. The van der Waals surface area contributed by atoms with E-state index in [9.17, 15) is 0 Å². The van der Waals surface area contributed by atoms with Crippen LogP contribution < -0.4 is 5.32 Å². The van der Waals surface area contributed by atoms with Crippen LogP contribution in [0.5, 0.6) is 0 Å². The fourth-order valence-corrected chi connectivity index (χ4v) is 2.48. The molecule has 1 aromatic rings. The molecule has 0 aliphatic carbocycles. The van der Waals surface area contributed by atoms with E-state index in [1.165, 1.54) is 11.3 Å². The van der Waals surface area contributed by atoms with Crippen molar-refractivity contribution in [3.8, 4) is 0 Å². The van der Waals surface area contributed by atoms with E-state index in [-0.39, 0.29) is 5.41 Å². The number of nitrogens with one attached hydrogen (secondary N) is 2. The van der Waals surface area contributed by atoms with Crippen molar-refractivity contribution < 1.29 is 0 Å². The first-order valence-electron chi connectivity index (χ1n) is 6.45. The van der Waals surface area contributed by atoms with Crippen molar-refractivity contribution in [1.82, 2.24) is 20.4 Å². The number of hydrogen-bond donors (Lipinski definition) is 2. The second kappa shape index (κ2) is 4.78. The first kappa shape index (κ1) is 12.6. The summed E-state index contributed by atoms with van der Waals surface area (Å²) in [6.45, 7) is 13.3. The molecule has 0 radical (unpaired) electrons. The van der Waals surface area contributed by atoms with Gasteiger partial charge in [-0.05, 0) is 6.92 Å². The SMILES string of the molecule is C[C@H]1CN(Cc2cn[nH]c2C(C)(C)C)CCN1. The van der Waals surface area contributed by atoms with Gasteiger partial charge in [-0.15, -0.1) is 0 Å². The molecule has 2 rings (SSSR count). The summed E-state index contributed by atoms with van der Waals surface area (Å²) in [6, 6.07) is 0.591. The van der Waals surface area contributed by atoms with E-state index in [4.69, 9.17) is 0 Å². The van der Waals surface area contributed by atoms with E-state index in [0.717, 1.165) is 26.2 Å². The molecule has 0 bridgehead atoms. The first-order chi connectivity index (χ1) is 7.97. The summed E-state index contributed by atoms with van der Waals surface area (Å²) < 4.78 is 0. The molecule has 1 aliphatic rings. The van der Waals surface area contributed by atoms with Gasteiger partial charge in [-0.2, -0.15) is 5.10 Å². The third-order valence-electron chi connectivity index (χ3n) is 3.31. The number of rotatable bonds is 2. The van der Waals surface area contributed by atoms with Gasteiger partial charge in [0, 0.05) is 48.9 Å². The smallest absolute Gasteiger partial charge is 0.0535 e. The van der Waals surface area contributed by atoms with Crippen LogP contribution in [0.4, 0.5) is 0 Å². The molecule has 0 spiro atoms. The standard InChI is InChI=1S/C13H24N4/c1-10-8-17(6-5-14-10)9-11-7-15-16-12(11)13(2,3)4/h7,10,14H,5-6,8-9H2,1-4H3,(H,15,16)/t10-/m0/s1. The van der Waals surface area contributed by atoms with Crippen molar-refractivity contribution in [2.75, 3.05) is 19.6 Å². The summed E-state index contributed by atoms with van der Waals surface area (Å²) in [5.41, 5.74) is 2.75. The van der Waals surface area contributed by atoms with E-state index in [1.54, 1.807) is 0 Å². The van der Waals surface area contributed by atoms with Crippen molar-refractivity contribution in [1.29, 1.82) is 0 Å². The van der Waals surface area contributed by atoms with Crippen LogP contribution in [0.25, 0.3) is 0 Å². The van der Waals surface area contributed by atoms with Gasteiger partial charge in [0.15, 0.2) is 0 Å². The van der Waals surface area contributed by atoms with E-state index in [0.29, 0.717) is 6.04 Å². The lowest BCUT2D eigenvalue weighted by atomic mass is 9.89. The van der Waals surface area contributed by atoms with Gasteiger partial charge in [0.25, 0.3) is 0 Å². The Hall–Kier alpha value is -0.870. The maximum absolute atomic E-state index is 4.21. The van der Waals surface area contributed by atoms with Crippen molar-refractivity contribution in [2.45, 2.75) is 45.7 Å². The van der Waals surface area contributed by atoms with E-state index in [2.05, 4.69) is 48.1 Å². The minimum absolute atomic E-state index is 0.144. The predicted molar refractivity (Wildman–Crippen MR) is 70.0 cm³/mol. The van der Waals surface area contributed by atoms with Crippen LogP contribution in [0.3, 0.4) is 0 Å². The van der Waals surface area contributed by atoms with Crippen molar-refractivity contribution in [3.63, 3.8) is 0 Å². The fraction of sp³-hybridized carbons (Fsp3) is 0.769. The Kier molecular flexibility index (Phi) is 3.54. The normalized spacial score (nSPS) is 22.9. The summed E-state index contributed by atoms with van der Waals surface area (Å²) in [5, 5.41) is 10.8. The Labute approximate surface area is 104 Å². The molecule has 17 heavy (non-hydrogen) atoms. The average Bonchev–Trinajstić information content (AvgIpc) is 2.65. The maximum Gasteiger partial charge on any atom is 0.0535 e. The fourth-order valence-electron chi connectivity index (χ4n) is 2.48. The highest BCUT2D eigenvalue weighted by Gasteiger charge is 2.22. The van der Waals surface area contributed by atoms with Crippen LogP contribution in [-0.4, -0.2) is 40.8 Å². The van der Waals surface area contributed by atoms with Crippen molar-refractivity contribution >= 4 is 0 Å². The number of aromatic nitrogens is 2. The molecule has 1 saturated heterocycles. The lowest BCUT2D eigenvalue weighted by molar-refractivity contribution is 0.198. The highest BCUT2D eigenvalue weighted by atomic mass is 15.2. The molecule has 2 heterocycles. The lowest BCUT2D eigenvalue weighted by Gasteiger charge is -2.32. The van der Waals surface area contributed by atoms with Gasteiger partial charge in [0.1, 0.15) is 0 Å². The molecule has 0 saturated carbocycles. The van der Waals surface area contributed by atoms with Crippen LogP contribution in [-0.2, 0) is 12.0 Å². The number of hydrogen-bond acceptors (Lipinski definition) is 3. The Bertz CT molecular complexity index is 364. The summed E-state index contributed by atoms with van der Waals surface area (Å²) in [5.74, 6) is 0. The average molecular weight is 236 g/mol. The minimum Gasteiger partial charge on any atom is -0.312 e. The van der Waals surface area contributed by atoms with Gasteiger partial charge >= 0.3 is 0 Å². The van der Waals surface area contributed by atoms with Gasteiger partial charge in [0.2, 0.25) is 0 Å². The Morgan fingerprint density at radius 1 is 1.47 bits per heavy atom. The van der Waals surface area contributed by atoms with E-state index < -0.39 is 0 Å². The number of H-pyrrole nitrogens is 1. The summed E-state index contributed by atoms with van der Waals surface area (Å²) in [7, 11) is 0. The topological polar surface area (TPSA) is 44.0 Å². The monoisotopic (exact) mass is 236 g/mol.